The van der Waals surface area contributed by atoms with Crippen molar-refractivity contribution in [1.29, 1.82) is 0 Å². The molecular formula is C14H17ClN4O2. The van der Waals surface area contributed by atoms with Gasteiger partial charge in [-0.05, 0) is 18.7 Å². The topological polar surface area (TPSA) is 77.4 Å². The number of ether oxygens (including phenoxy) is 1. The van der Waals surface area contributed by atoms with Crippen LogP contribution in [-0.4, -0.2) is 41.8 Å². The fourth-order valence-electron chi connectivity index (χ4n) is 2.30. The second-order valence-corrected chi connectivity index (χ2v) is 5.52. The third kappa shape index (κ3) is 3.08. The molecule has 1 aromatic heterocycles. The molecule has 2 N–H and O–H groups in total. The van der Waals surface area contributed by atoms with Crippen molar-refractivity contribution in [2.45, 2.75) is 12.1 Å². The van der Waals surface area contributed by atoms with Gasteiger partial charge in [-0.15, -0.1) is 0 Å². The van der Waals surface area contributed by atoms with E-state index < -0.39 is 6.04 Å². The molecule has 3 rings (SSSR count). The minimum atomic E-state index is -0.540. The van der Waals surface area contributed by atoms with Crippen LogP contribution in [0.2, 0.25) is 5.02 Å². The van der Waals surface area contributed by atoms with E-state index >= 15 is 0 Å². The number of aromatic nitrogens is 2. The molecule has 1 fully saturated rings. The van der Waals surface area contributed by atoms with Gasteiger partial charge in [0.1, 0.15) is 12.1 Å². The van der Waals surface area contributed by atoms with Gasteiger partial charge in [0.05, 0.1) is 6.61 Å². The highest BCUT2D eigenvalue weighted by atomic mass is 35.5. The Bertz CT molecular complexity index is 619. The molecule has 2 heterocycles. The molecule has 6 nitrogen and oxygen atoms in total. The standard InChI is InChI=1S/C14H17ClN4O2/c1-19-6-7-20-11(8-19)13-17-14(21-18-13)12(16)9-4-2-3-5-10(9)15/h2-5,11-12H,6-8,16H2,1H3/t11?,12-/m1/s1. The monoisotopic (exact) mass is 308 g/mol. The number of morpholine rings is 1. The SMILES string of the molecule is CN1CCOC(c2noc([C@H](N)c3ccccc3Cl)n2)C1. The first-order valence-electron chi connectivity index (χ1n) is 6.79. The number of nitrogens with two attached hydrogens (primary N) is 1. The Labute approximate surface area is 127 Å². The lowest BCUT2D eigenvalue weighted by Gasteiger charge is -2.27. The Morgan fingerprint density at radius 2 is 2.24 bits per heavy atom. The van der Waals surface area contributed by atoms with Crippen LogP contribution in [0.25, 0.3) is 0 Å². The number of halogens is 1. The quantitative estimate of drug-likeness (QED) is 0.931. The van der Waals surface area contributed by atoms with Crippen LogP contribution < -0.4 is 5.73 Å². The maximum atomic E-state index is 6.16. The molecule has 2 atom stereocenters. The van der Waals surface area contributed by atoms with E-state index in [1.165, 1.54) is 0 Å². The Kier molecular flexibility index (Phi) is 4.21. The third-order valence-electron chi connectivity index (χ3n) is 3.52. The summed E-state index contributed by atoms with van der Waals surface area (Å²) in [6.45, 7) is 2.29. The van der Waals surface area contributed by atoms with Crippen LogP contribution in [0.15, 0.2) is 28.8 Å². The number of hydrogen-bond acceptors (Lipinski definition) is 6. The van der Waals surface area contributed by atoms with Gasteiger partial charge in [-0.2, -0.15) is 4.98 Å². The van der Waals surface area contributed by atoms with Gasteiger partial charge in [0, 0.05) is 18.1 Å². The molecule has 7 heteroatoms. The molecule has 0 saturated carbocycles. The number of benzene rings is 1. The van der Waals surface area contributed by atoms with E-state index in [2.05, 4.69) is 15.0 Å². The van der Waals surface area contributed by atoms with Gasteiger partial charge in [0.15, 0.2) is 0 Å². The number of rotatable bonds is 3. The Morgan fingerprint density at radius 1 is 1.43 bits per heavy atom. The van der Waals surface area contributed by atoms with Crippen LogP contribution in [0.4, 0.5) is 0 Å². The molecule has 1 saturated heterocycles. The largest absolute Gasteiger partial charge is 0.367 e. The van der Waals surface area contributed by atoms with Gasteiger partial charge >= 0.3 is 0 Å². The first-order valence-corrected chi connectivity index (χ1v) is 7.16. The molecule has 0 spiro atoms. The van der Waals surface area contributed by atoms with E-state index in [0.717, 1.165) is 18.7 Å². The molecule has 0 bridgehead atoms. The van der Waals surface area contributed by atoms with Crippen molar-refractivity contribution in [2.24, 2.45) is 5.73 Å². The third-order valence-corrected chi connectivity index (χ3v) is 3.87. The van der Waals surface area contributed by atoms with Crippen LogP contribution in [0.5, 0.6) is 0 Å². The Hall–Kier alpha value is -1.47. The zero-order valence-electron chi connectivity index (χ0n) is 11.7. The highest BCUT2D eigenvalue weighted by Gasteiger charge is 2.26. The fourth-order valence-corrected chi connectivity index (χ4v) is 2.55. The highest BCUT2D eigenvalue weighted by molar-refractivity contribution is 6.31. The summed E-state index contributed by atoms with van der Waals surface area (Å²) in [6, 6.07) is 6.82. The normalized spacial score (nSPS) is 21.4. The number of likely N-dealkylation sites (N-methyl/N-ethyl adjacent to an activating group) is 1. The summed E-state index contributed by atoms with van der Waals surface area (Å²) in [4.78, 5) is 6.54. The lowest BCUT2D eigenvalue weighted by atomic mass is 10.1. The van der Waals surface area contributed by atoms with Gasteiger partial charge in [-0.1, -0.05) is 35.0 Å². The molecule has 112 valence electrons. The zero-order valence-corrected chi connectivity index (χ0v) is 12.5. The van der Waals surface area contributed by atoms with Crippen molar-refractivity contribution in [2.75, 3.05) is 26.7 Å². The molecule has 1 unspecified atom stereocenters. The number of hydrogen-bond donors (Lipinski definition) is 1. The van der Waals surface area contributed by atoms with Crippen molar-refractivity contribution >= 4 is 11.6 Å². The Balaban J connectivity index is 1.80. The van der Waals surface area contributed by atoms with Crippen molar-refractivity contribution in [3.05, 3.63) is 46.6 Å². The average molecular weight is 309 g/mol. The number of nitrogens with zero attached hydrogens (tertiary/aromatic N) is 3. The molecule has 0 amide bonds. The summed E-state index contributed by atoms with van der Waals surface area (Å²) < 4.78 is 10.9. The van der Waals surface area contributed by atoms with E-state index in [-0.39, 0.29) is 6.10 Å². The summed E-state index contributed by atoms with van der Waals surface area (Å²) in [5.74, 6) is 0.869. The summed E-state index contributed by atoms with van der Waals surface area (Å²) in [5.41, 5.74) is 6.92. The average Bonchev–Trinajstić information content (AvgIpc) is 2.97. The van der Waals surface area contributed by atoms with E-state index in [1.54, 1.807) is 6.07 Å². The van der Waals surface area contributed by atoms with E-state index in [1.807, 2.05) is 25.2 Å². The van der Waals surface area contributed by atoms with Gasteiger partial charge < -0.3 is 19.9 Å². The zero-order chi connectivity index (χ0) is 14.8. The van der Waals surface area contributed by atoms with E-state index in [4.69, 9.17) is 26.6 Å². The maximum Gasteiger partial charge on any atom is 0.248 e. The fraction of sp³-hybridized carbons (Fsp3) is 0.429. The van der Waals surface area contributed by atoms with Crippen molar-refractivity contribution in [3.8, 4) is 0 Å². The van der Waals surface area contributed by atoms with Crippen LogP contribution in [0.1, 0.15) is 29.4 Å². The molecule has 1 aromatic carbocycles. The minimum absolute atomic E-state index is 0.181. The molecule has 0 aliphatic carbocycles. The first-order chi connectivity index (χ1) is 10.1. The lowest BCUT2D eigenvalue weighted by molar-refractivity contribution is -0.0264. The summed E-state index contributed by atoms with van der Waals surface area (Å²) >= 11 is 6.14. The van der Waals surface area contributed by atoms with Crippen LogP contribution in [0, 0.1) is 0 Å². The predicted molar refractivity (Wildman–Crippen MR) is 78.0 cm³/mol. The van der Waals surface area contributed by atoms with Crippen LogP contribution >= 0.6 is 11.6 Å². The second-order valence-electron chi connectivity index (χ2n) is 5.11. The second kappa shape index (κ2) is 6.11. The summed E-state index contributed by atoms with van der Waals surface area (Å²) in [5, 5.41) is 4.57. The maximum absolute atomic E-state index is 6.16. The minimum Gasteiger partial charge on any atom is -0.367 e. The smallest absolute Gasteiger partial charge is 0.248 e. The molecule has 1 aliphatic rings. The molecule has 21 heavy (non-hydrogen) atoms. The molecule has 2 aromatic rings. The van der Waals surface area contributed by atoms with Crippen molar-refractivity contribution in [3.63, 3.8) is 0 Å². The highest BCUT2D eigenvalue weighted by Crippen LogP contribution is 2.27. The summed E-state index contributed by atoms with van der Waals surface area (Å²) in [6.07, 6.45) is -0.181. The van der Waals surface area contributed by atoms with E-state index in [0.29, 0.717) is 23.3 Å². The van der Waals surface area contributed by atoms with Gasteiger partial charge in [-0.25, -0.2) is 0 Å². The van der Waals surface area contributed by atoms with Crippen LogP contribution in [0.3, 0.4) is 0 Å². The van der Waals surface area contributed by atoms with Crippen molar-refractivity contribution < 1.29 is 9.26 Å². The lowest BCUT2D eigenvalue weighted by Crippen LogP contribution is -2.35. The molecular weight excluding hydrogens is 292 g/mol. The van der Waals surface area contributed by atoms with Gasteiger partial charge in [0.2, 0.25) is 11.7 Å². The van der Waals surface area contributed by atoms with Crippen LogP contribution in [-0.2, 0) is 4.74 Å². The molecule has 0 radical (unpaired) electrons. The Morgan fingerprint density at radius 3 is 3.00 bits per heavy atom. The molecule has 1 aliphatic heterocycles. The van der Waals surface area contributed by atoms with E-state index in [9.17, 15) is 0 Å². The first kappa shape index (κ1) is 14.5. The van der Waals surface area contributed by atoms with Gasteiger partial charge in [-0.3, -0.25) is 0 Å². The predicted octanol–water partition coefficient (Wildman–Crippen LogP) is 1.77. The summed E-state index contributed by atoms with van der Waals surface area (Å²) in [7, 11) is 2.03. The van der Waals surface area contributed by atoms with Gasteiger partial charge in [0.25, 0.3) is 0 Å². The van der Waals surface area contributed by atoms with Crippen molar-refractivity contribution in [1.82, 2.24) is 15.0 Å².